The molecule has 0 aromatic carbocycles. The summed E-state index contributed by atoms with van der Waals surface area (Å²) >= 11 is 0. The van der Waals surface area contributed by atoms with Crippen molar-refractivity contribution >= 4 is 11.9 Å². The minimum absolute atomic E-state index is 0.0400. The lowest BCUT2D eigenvalue weighted by Gasteiger charge is -2.41. The smallest absolute Gasteiger partial charge is 0.312 e. The number of piperidine rings is 1. The Labute approximate surface area is 355 Å². The van der Waals surface area contributed by atoms with Crippen LogP contribution >= 0.6 is 0 Å². The lowest BCUT2D eigenvalue weighted by molar-refractivity contribution is -0.165. The first-order valence-corrected chi connectivity index (χ1v) is 25.0. The fourth-order valence-electron chi connectivity index (χ4n) is 10.4. The molecular weight excluding hydrogens is 703 g/mol. The van der Waals surface area contributed by atoms with E-state index < -0.39 is 11.0 Å². The van der Waals surface area contributed by atoms with Gasteiger partial charge in [-0.1, -0.05) is 175 Å². The molecule has 2 fully saturated rings. The second kappa shape index (κ2) is 29.0. The van der Waals surface area contributed by atoms with Crippen molar-refractivity contribution in [2.24, 2.45) is 28.6 Å². The lowest BCUT2D eigenvalue weighted by atomic mass is 9.68. The van der Waals surface area contributed by atoms with Gasteiger partial charge in [0.05, 0.1) is 5.41 Å². The van der Waals surface area contributed by atoms with Gasteiger partial charge in [0.2, 0.25) is 0 Å². The van der Waals surface area contributed by atoms with Crippen molar-refractivity contribution in [2.75, 3.05) is 20.1 Å². The van der Waals surface area contributed by atoms with E-state index in [9.17, 15) is 9.59 Å². The lowest BCUT2D eigenvalue weighted by Crippen LogP contribution is -2.43. The molecule has 334 valence electrons. The second-order valence-corrected chi connectivity index (χ2v) is 20.7. The Morgan fingerprint density at radius 3 is 1.65 bits per heavy atom. The number of rotatable bonds is 33. The highest BCUT2D eigenvalue weighted by molar-refractivity contribution is 5.77. The summed E-state index contributed by atoms with van der Waals surface area (Å²) in [5, 5.41) is 0. The Balaban J connectivity index is 1.96. The Hall–Kier alpha value is -1.36. The van der Waals surface area contributed by atoms with Gasteiger partial charge in [-0.25, -0.2) is 0 Å². The van der Waals surface area contributed by atoms with Crippen LogP contribution in [0.5, 0.6) is 0 Å². The van der Waals surface area contributed by atoms with Crippen LogP contribution in [-0.2, 0) is 19.1 Å². The number of hydrogen-bond donors (Lipinski definition) is 0. The molecule has 3 unspecified atom stereocenters. The number of likely N-dealkylation sites (tertiary alicyclic amines) is 1. The van der Waals surface area contributed by atoms with Gasteiger partial charge in [0.25, 0.3) is 0 Å². The minimum Gasteiger partial charge on any atom is -0.462 e. The topological polar surface area (TPSA) is 55.8 Å². The van der Waals surface area contributed by atoms with Gasteiger partial charge in [0.1, 0.15) is 11.7 Å². The summed E-state index contributed by atoms with van der Waals surface area (Å²) in [7, 11) is 2.13. The number of carbonyl (C=O) groups excluding carboxylic acids is 2. The third kappa shape index (κ3) is 21.6. The number of allylic oxidation sites excluding steroid dienone is 2. The van der Waals surface area contributed by atoms with Crippen LogP contribution in [0.25, 0.3) is 0 Å². The van der Waals surface area contributed by atoms with Crippen LogP contribution in [0, 0.1) is 28.6 Å². The molecule has 0 bridgehead atoms. The maximum Gasteiger partial charge on any atom is 0.312 e. The minimum atomic E-state index is -0.529. The molecule has 1 saturated heterocycles. The zero-order valence-corrected chi connectivity index (χ0v) is 39.7. The summed E-state index contributed by atoms with van der Waals surface area (Å²) < 4.78 is 12.8. The third-order valence-corrected chi connectivity index (χ3v) is 14.2. The molecule has 57 heavy (non-hydrogen) atoms. The molecule has 3 atom stereocenters. The number of unbranched alkanes of at least 4 members (excludes halogenated alkanes) is 18. The fraction of sp³-hybridized carbons (Fsp3) is 0.923. The predicted molar refractivity (Wildman–Crippen MR) is 245 cm³/mol. The van der Waals surface area contributed by atoms with E-state index in [4.69, 9.17) is 9.47 Å². The van der Waals surface area contributed by atoms with E-state index in [0.717, 1.165) is 58.0 Å². The van der Waals surface area contributed by atoms with Gasteiger partial charge in [0, 0.05) is 12.3 Å². The van der Waals surface area contributed by atoms with Crippen molar-refractivity contribution in [1.29, 1.82) is 0 Å². The zero-order chi connectivity index (χ0) is 42.0. The van der Waals surface area contributed by atoms with E-state index in [1.54, 1.807) is 0 Å². The van der Waals surface area contributed by atoms with Gasteiger partial charge in [-0.3, -0.25) is 9.59 Å². The molecule has 2 aliphatic rings. The van der Waals surface area contributed by atoms with Crippen LogP contribution in [-0.4, -0.2) is 48.7 Å². The molecule has 0 N–H and O–H groups in total. The molecule has 5 heteroatoms. The van der Waals surface area contributed by atoms with Crippen molar-refractivity contribution in [3.63, 3.8) is 0 Å². The van der Waals surface area contributed by atoms with Gasteiger partial charge >= 0.3 is 11.9 Å². The molecule has 0 amide bonds. The molecule has 0 radical (unpaired) electrons. The summed E-state index contributed by atoms with van der Waals surface area (Å²) in [5.74, 6) is 0.851. The van der Waals surface area contributed by atoms with E-state index in [0.29, 0.717) is 12.3 Å². The summed E-state index contributed by atoms with van der Waals surface area (Å²) in [4.78, 5) is 29.6. The number of hydrogen-bond acceptors (Lipinski definition) is 5. The molecule has 1 saturated carbocycles. The van der Waals surface area contributed by atoms with Crippen LogP contribution in [0.3, 0.4) is 0 Å². The largest absolute Gasteiger partial charge is 0.462 e. The zero-order valence-electron chi connectivity index (χ0n) is 39.7. The van der Waals surface area contributed by atoms with E-state index in [1.807, 2.05) is 0 Å². The molecule has 1 aliphatic heterocycles. The first kappa shape index (κ1) is 51.8. The quantitative estimate of drug-likeness (QED) is 0.0376. The molecule has 1 aliphatic carbocycles. The van der Waals surface area contributed by atoms with Gasteiger partial charge in [-0.2, -0.15) is 0 Å². The average Bonchev–Trinajstić information content (AvgIpc) is 3.52. The summed E-state index contributed by atoms with van der Waals surface area (Å²) in [6.07, 6.45) is 41.0. The number of ether oxygens (including phenoxy) is 2. The van der Waals surface area contributed by atoms with E-state index in [1.165, 1.54) is 141 Å². The number of esters is 2. The van der Waals surface area contributed by atoms with Gasteiger partial charge < -0.3 is 14.4 Å². The van der Waals surface area contributed by atoms with Crippen LogP contribution in [0.4, 0.5) is 0 Å². The molecule has 2 rings (SSSR count). The van der Waals surface area contributed by atoms with Crippen molar-refractivity contribution in [3.05, 3.63) is 12.2 Å². The Kier molecular flexibility index (Phi) is 26.3. The van der Waals surface area contributed by atoms with Crippen LogP contribution in [0.2, 0.25) is 0 Å². The molecule has 0 spiro atoms. The Morgan fingerprint density at radius 2 is 1.18 bits per heavy atom. The highest BCUT2D eigenvalue weighted by Gasteiger charge is 2.44. The monoisotopic (exact) mass is 800 g/mol. The van der Waals surface area contributed by atoms with Crippen LogP contribution in [0.15, 0.2) is 12.2 Å². The summed E-state index contributed by atoms with van der Waals surface area (Å²) in [6, 6.07) is 0. The first-order chi connectivity index (χ1) is 27.3. The van der Waals surface area contributed by atoms with Gasteiger partial charge in [-0.15, -0.1) is 0 Å². The third-order valence-electron chi connectivity index (χ3n) is 14.2. The van der Waals surface area contributed by atoms with Crippen molar-refractivity contribution in [3.8, 4) is 0 Å². The molecular formula is C52H97NO4. The number of carbonyl (C=O) groups is 2. The summed E-state index contributed by atoms with van der Waals surface area (Å²) in [6.45, 7) is 19.9. The maximum absolute atomic E-state index is 13.8. The first-order valence-electron chi connectivity index (χ1n) is 25.0. The fourth-order valence-corrected chi connectivity index (χ4v) is 10.4. The van der Waals surface area contributed by atoms with Crippen molar-refractivity contribution in [2.45, 2.75) is 260 Å². The van der Waals surface area contributed by atoms with Gasteiger partial charge in [-0.05, 0) is 116 Å². The maximum atomic E-state index is 13.8. The SMILES string of the molecule is CC/C=C\CC1C(CC(=O)OC(C)(C)CC(C)(C)C(CCCCCCCCCCCC)CCCCCCCCCCCC)CCC1OC(=O)C1(C)CCN(C)CC1. The molecule has 5 nitrogen and oxygen atoms in total. The van der Waals surface area contributed by atoms with E-state index in [2.05, 4.69) is 79.5 Å². The van der Waals surface area contributed by atoms with E-state index >= 15 is 0 Å². The number of nitrogens with zero attached hydrogens (tertiary/aromatic N) is 1. The Morgan fingerprint density at radius 1 is 0.702 bits per heavy atom. The molecule has 0 aromatic heterocycles. The standard InChI is InChI=1S/C52H97NO4/c1-10-13-16-18-20-22-24-26-28-31-33-45(34-32-29-27-25-23-21-19-17-14-11-2)50(4,5)43-51(6,7)57-48(54)42-44-36-37-47(46(44)35-30-15-12-3)56-49(55)52(8)38-40-53(9)41-39-52/h15,30,44-47H,10-14,16-29,31-43H2,1-9H3/b30-15-. The van der Waals surface area contributed by atoms with Crippen molar-refractivity contribution in [1.82, 2.24) is 4.90 Å². The van der Waals surface area contributed by atoms with Crippen molar-refractivity contribution < 1.29 is 19.1 Å². The Bertz CT molecular complexity index is 1050. The molecule has 0 aromatic rings. The summed E-state index contributed by atoms with van der Waals surface area (Å²) in [5.41, 5.74) is -0.852. The van der Waals surface area contributed by atoms with Crippen LogP contribution < -0.4 is 0 Å². The highest BCUT2D eigenvalue weighted by Crippen LogP contribution is 2.44. The molecule has 1 heterocycles. The van der Waals surface area contributed by atoms with Crippen LogP contribution in [0.1, 0.15) is 248 Å². The van der Waals surface area contributed by atoms with E-state index in [-0.39, 0.29) is 35.3 Å². The normalized spacial score (nSPS) is 20.5. The highest BCUT2D eigenvalue weighted by atomic mass is 16.6. The second-order valence-electron chi connectivity index (χ2n) is 20.7. The van der Waals surface area contributed by atoms with Gasteiger partial charge in [0.15, 0.2) is 0 Å². The predicted octanol–water partition coefficient (Wildman–Crippen LogP) is 15.4. The average molecular weight is 800 g/mol.